The van der Waals surface area contributed by atoms with E-state index in [1.54, 1.807) is 0 Å². The Hall–Kier alpha value is -0.520. The molecule has 0 heterocycles. The van der Waals surface area contributed by atoms with E-state index in [4.69, 9.17) is 0 Å². The van der Waals surface area contributed by atoms with Crippen molar-refractivity contribution in [1.29, 1.82) is 0 Å². The second-order valence-electron chi connectivity index (χ2n) is 14.5. The molecule has 0 N–H and O–H groups in total. The Labute approximate surface area is 234 Å². The van der Waals surface area contributed by atoms with E-state index in [9.17, 15) is 0 Å². The molecule has 0 heteroatoms. The SMILES string of the molecule is C1=CCC/C=C\CC1.C1CCCC1.CC1C(C)C(C)C(C)C1C.CC1C(C)C2C(C)C(C)C(C)C2C1C. The van der Waals surface area contributed by atoms with Crippen LogP contribution < -0.4 is 0 Å². The minimum Gasteiger partial charge on any atom is -0.0882 e. The van der Waals surface area contributed by atoms with E-state index in [1.165, 1.54) is 57.8 Å². The van der Waals surface area contributed by atoms with Gasteiger partial charge in [-0.1, -0.05) is 133 Å². The standard InChI is InChI=1S/C14H26.C10H20.C8H12.C5H10/c1-7-9(3)13-11(5)8(2)12(6)14(13)10(7)4;1-6-7(2)9(4)10(5)8(6)3;1-2-4-6-8-7-5-3-1;1-2-4-5-3-1/h7-14H,1-6H3;6-10H,1-5H3;1-2,7-8H,3-6H2;1-5H2/b;;2-1-,8-7?;. The molecule has 5 aliphatic rings. The van der Waals surface area contributed by atoms with E-state index in [2.05, 4.69) is 100 Å². The summed E-state index contributed by atoms with van der Waals surface area (Å²) in [5.41, 5.74) is 0. The molecule has 4 saturated carbocycles. The van der Waals surface area contributed by atoms with Crippen LogP contribution in [0.25, 0.3) is 0 Å². The fraction of sp³-hybridized carbons (Fsp3) is 0.892. The van der Waals surface area contributed by atoms with Crippen molar-refractivity contribution >= 4 is 0 Å². The van der Waals surface area contributed by atoms with Crippen molar-refractivity contribution in [2.45, 2.75) is 134 Å². The van der Waals surface area contributed by atoms with Crippen molar-refractivity contribution in [1.82, 2.24) is 0 Å². The van der Waals surface area contributed by atoms with Gasteiger partial charge in [0.25, 0.3) is 0 Å². The average Bonchev–Trinajstić information content (AvgIpc) is 3.61. The van der Waals surface area contributed by atoms with Gasteiger partial charge < -0.3 is 0 Å². The molecule has 5 aliphatic carbocycles. The number of rotatable bonds is 0. The molecule has 4 fully saturated rings. The van der Waals surface area contributed by atoms with Crippen LogP contribution in [-0.2, 0) is 0 Å². The maximum Gasteiger partial charge on any atom is -0.0316 e. The number of allylic oxidation sites excluding steroid dienone is 4. The lowest BCUT2D eigenvalue weighted by molar-refractivity contribution is 0.233. The van der Waals surface area contributed by atoms with Crippen LogP contribution >= 0.6 is 0 Å². The summed E-state index contributed by atoms with van der Waals surface area (Å²) in [5.74, 6) is 12.4. The molecule has 0 saturated heterocycles. The molecule has 0 nitrogen and oxygen atoms in total. The Kier molecular flexibility index (Phi) is 14.1. The van der Waals surface area contributed by atoms with Gasteiger partial charge in [-0.15, -0.1) is 0 Å². The van der Waals surface area contributed by atoms with Gasteiger partial charge in [-0.3, -0.25) is 0 Å². The average molecular weight is 513 g/mol. The minimum atomic E-state index is 0.935. The van der Waals surface area contributed by atoms with Crippen LogP contribution in [0.4, 0.5) is 0 Å². The topological polar surface area (TPSA) is 0 Å². The fourth-order valence-corrected chi connectivity index (χ4v) is 8.85. The third-order valence-corrected chi connectivity index (χ3v) is 12.9. The lowest BCUT2D eigenvalue weighted by Crippen LogP contribution is -2.19. The third kappa shape index (κ3) is 8.48. The molecule has 216 valence electrons. The van der Waals surface area contributed by atoms with Crippen LogP contribution in [0, 0.1) is 76.9 Å². The molecule has 37 heavy (non-hydrogen) atoms. The first kappa shape index (κ1) is 32.7. The zero-order chi connectivity index (χ0) is 27.7. The lowest BCUT2D eigenvalue weighted by atomic mass is 9.80. The zero-order valence-electron chi connectivity index (χ0n) is 27.2. The minimum absolute atomic E-state index is 0.935. The second-order valence-corrected chi connectivity index (χ2v) is 14.5. The van der Waals surface area contributed by atoms with E-state index < -0.39 is 0 Å². The van der Waals surface area contributed by atoms with Gasteiger partial charge in [0.15, 0.2) is 0 Å². The Morgan fingerprint density at radius 3 is 0.622 bits per heavy atom. The summed E-state index contributed by atoms with van der Waals surface area (Å²) in [5, 5.41) is 0. The van der Waals surface area contributed by atoms with Crippen molar-refractivity contribution in [2.75, 3.05) is 0 Å². The van der Waals surface area contributed by atoms with Gasteiger partial charge in [0.2, 0.25) is 0 Å². The predicted octanol–water partition coefficient (Wildman–Crippen LogP) is 11.9. The molecule has 0 aromatic carbocycles. The number of fused-ring (bicyclic) bond motifs is 1. The summed E-state index contributed by atoms with van der Waals surface area (Å²) >= 11 is 0. The van der Waals surface area contributed by atoms with Gasteiger partial charge >= 0.3 is 0 Å². The highest BCUT2D eigenvalue weighted by atomic mass is 14.6. The summed E-state index contributed by atoms with van der Waals surface area (Å²) in [6.45, 7) is 26.9. The monoisotopic (exact) mass is 513 g/mol. The van der Waals surface area contributed by atoms with Crippen molar-refractivity contribution in [3.8, 4) is 0 Å². The molecule has 4 atom stereocenters. The largest absolute Gasteiger partial charge is 0.0882 e. The van der Waals surface area contributed by atoms with E-state index in [1.807, 2.05) is 0 Å². The van der Waals surface area contributed by atoms with E-state index in [-0.39, 0.29) is 0 Å². The van der Waals surface area contributed by atoms with Crippen molar-refractivity contribution in [3.05, 3.63) is 24.3 Å². The Balaban J connectivity index is 0.000000184. The first-order valence-electron chi connectivity index (χ1n) is 16.8. The summed E-state index contributed by atoms with van der Waals surface area (Å²) < 4.78 is 0. The van der Waals surface area contributed by atoms with E-state index in [0.29, 0.717) is 0 Å². The molecular formula is C37H68. The van der Waals surface area contributed by atoms with Gasteiger partial charge in [-0.05, 0) is 103 Å². The maximum absolute atomic E-state index is 2.49. The van der Waals surface area contributed by atoms with Crippen LogP contribution in [0.3, 0.4) is 0 Å². The lowest BCUT2D eigenvalue weighted by Gasteiger charge is -2.25. The zero-order valence-corrected chi connectivity index (χ0v) is 27.2. The normalized spacial score (nSPS) is 47.3. The Morgan fingerprint density at radius 2 is 0.432 bits per heavy atom. The van der Waals surface area contributed by atoms with Gasteiger partial charge in [-0.2, -0.15) is 0 Å². The molecular weight excluding hydrogens is 444 g/mol. The van der Waals surface area contributed by atoms with Crippen molar-refractivity contribution < 1.29 is 0 Å². The molecule has 0 radical (unpaired) electrons. The fourth-order valence-electron chi connectivity index (χ4n) is 8.85. The van der Waals surface area contributed by atoms with Crippen molar-refractivity contribution in [2.24, 2.45) is 76.9 Å². The van der Waals surface area contributed by atoms with E-state index in [0.717, 1.165) is 76.9 Å². The molecule has 5 rings (SSSR count). The molecule has 0 aromatic heterocycles. The molecule has 0 spiro atoms. The number of hydrogen-bond acceptors (Lipinski definition) is 0. The van der Waals surface area contributed by atoms with Crippen LogP contribution in [0.1, 0.15) is 134 Å². The summed E-state index contributed by atoms with van der Waals surface area (Å²) in [6.07, 6.45) is 21.5. The highest BCUT2D eigenvalue weighted by molar-refractivity contribution is 5.02. The van der Waals surface area contributed by atoms with Crippen LogP contribution in [-0.4, -0.2) is 0 Å². The van der Waals surface area contributed by atoms with Gasteiger partial charge in [0.05, 0.1) is 0 Å². The molecule has 0 amide bonds. The first-order chi connectivity index (χ1) is 17.5. The Morgan fingerprint density at radius 1 is 0.270 bits per heavy atom. The summed E-state index contributed by atoms with van der Waals surface area (Å²) in [6, 6.07) is 0. The molecule has 4 unspecified atom stereocenters. The van der Waals surface area contributed by atoms with Gasteiger partial charge in [-0.25, -0.2) is 0 Å². The Bertz CT molecular complexity index is 545. The third-order valence-electron chi connectivity index (χ3n) is 12.9. The predicted molar refractivity (Wildman–Crippen MR) is 168 cm³/mol. The highest BCUT2D eigenvalue weighted by Gasteiger charge is 2.54. The quantitative estimate of drug-likeness (QED) is 0.283. The van der Waals surface area contributed by atoms with Gasteiger partial charge in [0.1, 0.15) is 0 Å². The molecule has 0 aromatic rings. The van der Waals surface area contributed by atoms with E-state index >= 15 is 0 Å². The summed E-state index contributed by atoms with van der Waals surface area (Å²) in [7, 11) is 0. The summed E-state index contributed by atoms with van der Waals surface area (Å²) in [4.78, 5) is 0. The molecule has 0 bridgehead atoms. The van der Waals surface area contributed by atoms with Crippen LogP contribution in [0.2, 0.25) is 0 Å². The second kappa shape index (κ2) is 15.9. The van der Waals surface area contributed by atoms with Crippen LogP contribution in [0.5, 0.6) is 0 Å². The van der Waals surface area contributed by atoms with Crippen LogP contribution in [0.15, 0.2) is 24.3 Å². The highest BCUT2D eigenvalue weighted by Crippen LogP contribution is 2.60. The number of hydrogen-bond donors (Lipinski definition) is 0. The van der Waals surface area contributed by atoms with Crippen molar-refractivity contribution in [3.63, 3.8) is 0 Å². The maximum atomic E-state index is 2.49. The first-order valence-corrected chi connectivity index (χ1v) is 16.8. The molecule has 0 aliphatic heterocycles. The van der Waals surface area contributed by atoms with Gasteiger partial charge in [0, 0.05) is 0 Å². The smallest absolute Gasteiger partial charge is 0.0316 e.